The molecule has 1 aliphatic carbocycles. The maximum atomic E-state index is 12.5. The molecule has 18 heavy (non-hydrogen) atoms. The van der Waals surface area contributed by atoms with E-state index >= 15 is 0 Å². The Morgan fingerprint density at radius 3 is 2.33 bits per heavy atom. The van der Waals surface area contributed by atoms with Crippen molar-refractivity contribution in [3.63, 3.8) is 0 Å². The van der Waals surface area contributed by atoms with Crippen molar-refractivity contribution < 1.29 is 14.3 Å². The highest BCUT2D eigenvalue weighted by Gasteiger charge is 2.46. The van der Waals surface area contributed by atoms with E-state index in [9.17, 15) is 4.79 Å². The highest BCUT2D eigenvalue weighted by Crippen LogP contribution is 2.42. The topological polar surface area (TPSA) is 35.5 Å². The number of hydrogen-bond donors (Lipinski definition) is 0. The molecule has 1 unspecified atom stereocenters. The fourth-order valence-corrected chi connectivity index (χ4v) is 3.12. The Bertz CT molecular complexity index is 256. The molecule has 0 saturated heterocycles. The third kappa shape index (κ3) is 3.47. The molecule has 106 valence electrons. The second-order valence-electron chi connectivity index (χ2n) is 5.73. The maximum Gasteiger partial charge on any atom is 0.314 e. The number of ether oxygens (including phenoxy) is 2. The predicted molar refractivity (Wildman–Crippen MR) is 72.4 cm³/mol. The van der Waals surface area contributed by atoms with Crippen molar-refractivity contribution >= 4 is 5.97 Å². The molecule has 1 fully saturated rings. The molecule has 3 nitrogen and oxygen atoms in total. The number of carbonyl (C=O) groups is 1. The van der Waals surface area contributed by atoms with E-state index in [4.69, 9.17) is 9.47 Å². The Hall–Kier alpha value is -0.570. The SMILES string of the molecule is CCC(COC)(C(=O)OC(C)C)C1CCCCC1. The van der Waals surface area contributed by atoms with Crippen LogP contribution in [0.2, 0.25) is 0 Å². The number of methoxy groups -OCH3 is 1. The van der Waals surface area contributed by atoms with E-state index in [2.05, 4.69) is 6.92 Å². The summed E-state index contributed by atoms with van der Waals surface area (Å²) in [7, 11) is 1.68. The van der Waals surface area contributed by atoms with Gasteiger partial charge in [-0.05, 0) is 39.0 Å². The lowest BCUT2D eigenvalue weighted by atomic mass is 9.67. The van der Waals surface area contributed by atoms with Crippen LogP contribution in [0, 0.1) is 11.3 Å². The zero-order valence-corrected chi connectivity index (χ0v) is 12.3. The fraction of sp³-hybridized carbons (Fsp3) is 0.933. The van der Waals surface area contributed by atoms with Crippen LogP contribution in [0.1, 0.15) is 59.3 Å². The molecule has 0 radical (unpaired) electrons. The smallest absolute Gasteiger partial charge is 0.314 e. The number of carbonyl (C=O) groups excluding carboxylic acids is 1. The molecule has 0 heterocycles. The summed E-state index contributed by atoms with van der Waals surface area (Å²) in [6.07, 6.45) is 6.76. The third-order valence-electron chi connectivity index (χ3n) is 4.17. The van der Waals surface area contributed by atoms with Crippen LogP contribution < -0.4 is 0 Å². The van der Waals surface area contributed by atoms with Crippen LogP contribution in [-0.4, -0.2) is 25.8 Å². The largest absolute Gasteiger partial charge is 0.462 e. The molecule has 0 aromatic carbocycles. The van der Waals surface area contributed by atoms with Gasteiger partial charge >= 0.3 is 5.97 Å². The van der Waals surface area contributed by atoms with Crippen LogP contribution >= 0.6 is 0 Å². The lowest BCUT2D eigenvalue weighted by Gasteiger charge is -2.40. The van der Waals surface area contributed by atoms with Gasteiger partial charge in [-0.2, -0.15) is 0 Å². The van der Waals surface area contributed by atoms with Crippen LogP contribution in [0.15, 0.2) is 0 Å². The van der Waals surface area contributed by atoms with Gasteiger partial charge in [-0.1, -0.05) is 26.2 Å². The number of esters is 1. The molecule has 0 bridgehead atoms. The highest BCUT2D eigenvalue weighted by molar-refractivity contribution is 5.77. The Morgan fingerprint density at radius 1 is 1.28 bits per heavy atom. The van der Waals surface area contributed by atoms with Crippen LogP contribution in [-0.2, 0) is 14.3 Å². The van der Waals surface area contributed by atoms with Crippen molar-refractivity contribution in [3.8, 4) is 0 Å². The molecule has 0 spiro atoms. The summed E-state index contributed by atoms with van der Waals surface area (Å²) in [4.78, 5) is 12.5. The van der Waals surface area contributed by atoms with E-state index < -0.39 is 5.41 Å². The molecule has 1 rings (SSSR count). The van der Waals surface area contributed by atoms with Crippen molar-refractivity contribution in [1.82, 2.24) is 0 Å². The van der Waals surface area contributed by atoms with Crippen LogP contribution in [0.5, 0.6) is 0 Å². The predicted octanol–water partition coefficient (Wildman–Crippen LogP) is 3.56. The van der Waals surface area contributed by atoms with Gasteiger partial charge < -0.3 is 9.47 Å². The molecule has 1 saturated carbocycles. The van der Waals surface area contributed by atoms with Gasteiger partial charge in [0, 0.05) is 7.11 Å². The fourth-order valence-electron chi connectivity index (χ4n) is 3.12. The van der Waals surface area contributed by atoms with Crippen LogP contribution in [0.25, 0.3) is 0 Å². The first-order valence-electron chi connectivity index (χ1n) is 7.26. The van der Waals surface area contributed by atoms with Gasteiger partial charge in [0.1, 0.15) is 0 Å². The standard InChI is InChI=1S/C15H28O3/c1-5-15(11-17-4,14(16)18-12(2)3)13-9-7-6-8-10-13/h12-13H,5-11H2,1-4H3. The zero-order chi connectivity index (χ0) is 13.6. The van der Waals surface area contributed by atoms with E-state index in [-0.39, 0.29) is 12.1 Å². The molecule has 0 aromatic heterocycles. The molecule has 0 aliphatic heterocycles. The van der Waals surface area contributed by atoms with E-state index in [1.807, 2.05) is 13.8 Å². The first-order chi connectivity index (χ1) is 8.56. The second-order valence-corrected chi connectivity index (χ2v) is 5.73. The highest BCUT2D eigenvalue weighted by atomic mass is 16.5. The van der Waals surface area contributed by atoms with Gasteiger partial charge in [0.2, 0.25) is 0 Å². The van der Waals surface area contributed by atoms with Crippen molar-refractivity contribution in [3.05, 3.63) is 0 Å². The van der Waals surface area contributed by atoms with Crippen LogP contribution in [0.3, 0.4) is 0 Å². The van der Waals surface area contributed by atoms with Crippen molar-refractivity contribution in [1.29, 1.82) is 0 Å². The molecule has 0 N–H and O–H groups in total. The summed E-state index contributed by atoms with van der Waals surface area (Å²) in [5.41, 5.74) is -0.431. The second kappa shape index (κ2) is 7.13. The van der Waals surface area contributed by atoms with Gasteiger partial charge in [-0.25, -0.2) is 0 Å². The van der Waals surface area contributed by atoms with Crippen LogP contribution in [0.4, 0.5) is 0 Å². The normalized spacial score (nSPS) is 20.7. The molecule has 0 aromatic rings. The average Bonchev–Trinajstić information content (AvgIpc) is 2.36. The van der Waals surface area contributed by atoms with Crippen molar-refractivity contribution in [2.75, 3.05) is 13.7 Å². The lowest BCUT2D eigenvalue weighted by Crippen LogP contribution is -2.45. The van der Waals surface area contributed by atoms with E-state index in [1.54, 1.807) is 7.11 Å². The Kier molecular flexibility index (Phi) is 6.13. The van der Waals surface area contributed by atoms with Gasteiger partial charge in [-0.15, -0.1) is 0 Å². The summed E-state index contributed by atoms with van der Waals surface area (Å²) in [6, 6.07) is 0. The van der Waals surface area contributed by atoms with Crippen molar-refractivity contribution in [2.24, 2.45) is 11.3 Å². The first-order valence-corrected chi connectivity index (χ1v) is 7.26. The monoisotopic (exact) mass is 256 g/mol. The van der Waals surface area contributed by atoms with Gasteiger partial charge in [0.05, 0.1) is 18.1 Å². The molecule has 1 atom stereocenters. The zero-order valence-electron chi connectivity index (χ0n) is 12.3. The minimum Gasteiger partial charge on any atom is -0.462 e. The van der Waals surface area contributed by atoms with E-state index in [1.165, 1.54) is 19.3 Å². The Labute approximate surface area is 111 Å². The first kappa shape index (κ1) is 15.5. The number of hydrogen-bond acceptors (Lipinski definition) is 3. The van der Waals surface area contributed by atoms with Crippen molar-refractivity contribution in [2.45, 2.75) is 65.4 Å². The Balaban J connectivity index is 2.87. The molecule has 3 heteroatoms. The van der Waals surface area contributed by atoms with Gasteiger partial charge in [0.15, 0.2) is 0 Å². The van der Waals surface area contributed by atoms with Gasteiger partial charge in [-0.3, -0.25) is 4.79 Å². The molecular formula is C15H28O3. The summed E-state index contributed by atoms with van der Waals surface area (Å²) in [6.45, 7) is 6.38. The molecule has 0 amide bonds. The average molecular weight is 256 g/mol. The summed E-state index contributed by atoms with van der Waals surface area (Å²) in [5, 5.41) is 0. The third-order valence-corrected chi connectivity index (χ3v) is 4.17. The number of rotatable bonds is 6. The maximum absolute atomic E-state index is 12.5. The molecular weight excluding hydrogens is 228 g/mol. The summed E-state index contributed by atoms with van der Waals surface area (Å²) in [5.74, 6) is 0.358. The Morgan fingerprint density at radius 2 is 1.89 bits per heavy atom. The quantitative estimate of drug-likeness (QED) is 0.682. The minimum absolute atomic E-state index is 0.0520. The van der Waals surface area contributed by atoms with Gasteiger partial charge in [0.25, 0.3) is 0 Å². The molecule has 1 aliphatic rings. The van der Waals surface area contributed by atoms with E-state index in [0.717, 1.165) is 19.3 Å². The minimum atomic E-state index is -0.431. The van der Waals surface area contributed by atoms with E-state index in [0.29, 0.717) is 12.5 Å². The lowest BCUT2D eigenvalue weighted by molar-refractivity contribution is -0.169. The summed E-state index contributed by atoms with van der Waals surface area (Å²) >= 11 is 0. The summed E-state index contributed by atoms with van der Waals surface area (Å²) < 4.78 is 10.8.